The average molecular weight is 378 g/mol. The van der Waals surface area contributed by atoms with Crippen LogP contribution in [0.1, 0.15) is 0 Å². The highest BCUT2D eigenvalue weighted by Crippen LogP contribution is 1.83. The second-order valence-electron chi connectivity index (χ2n) is 4.64. The van der Waals surface area contributed by atoms with Crippen molar-refractivity contribution in [1.29, 1.82) is 0 Å². The molecular weight excluding hydrogens is 348 g/mol. The molecule has 0 bridgehead atoms. The molecule has 0 fully saturated rings. The van der Waals surface area contributed by atoms with Crippen molar-refractivity contribution < 1.29 is 24.0 Å². The molecule has 0 aliphatic rings. The van der Waals surface area contributed by atoms with E-state index in [9.17, 15) is 24.0 Å². The lowest BCUT2D eigenvalue weighted by atomic mass is 10.7. The lowest BCUT2D eigenvalue weighted by Gasteiger charge is -2.16. The van der Waals surface area contributed by atoms with Gasteiger partial charge in [0.05, 0.1) is 0 Å². The lowest BCUT2D eigenvalue weighted by Crippen LogP contribution is -2.48. The number of rotatable bonds is 0. The smallest absolute Gasteiger partial charge is 0.330 e. The summed E-state index contributed by atoms with van der Waals surface area (Å²) in [6.45, 7) is 0. The molecule has 0 saturated carbocycles. The van der Waals surface area contributed by atoms with E-state index in [4.69, 9.17) is 0 Å². The van der Waals surface area contributed by atoms with E-state index in [1.165, 1.54) is 23.9 Å². The normalized spacial score (nSPS) is 8.00. The lowest BCUT2D eigenvalue weighted by molar-refractivity contribution is 0.191. The van der Waals surface area contributed by atoms with Crippen LogP contribution in [0.4, 0.5) is 24.0 Å². The Morgan fingerprint density at radius 2 is 0.769 bits per heavy atom. The Bertz CT molecular complexity index is 431. The Hall–Kier alpha value is -3.25. The molecule has 0 heterocycles. The van der Waals surface area contributed by atoms with Crippen LogP contribution in [0.25, 0.3) is 0 Å². The summed E-state index contributed by atoms with van der Waals surface area (Å²) in [4.78, 5) is 55.3. The molecule has 0 atom stereocenters. The third kappa shape index (κ3) is 18.8. The van der Waals surface area contributed by atoms with Crippen molar-refractivity contribution in [3.05, 3.63) is 0 Å². The Labute approximate surface area is 153 Å². The number of nitrogens with one attached hydrogen (secondary N) is 6. The van der Waals surface area contributed by atoms with Gasteiger partial charge in [0.25, 0.3) is 0 Å². The summed E-state index contributed by atoms with van der Waals surface area (Å²) in [5, 5.41) is 12.7. The quantitative estimate of drug-likeness (QED) is 0.309. The van der Waals surface area contributed by atoms with Crippen LogP contribution in [0.2, 0.25) is 0 Å². The van der Waals surface area contributed by atoms with Crippen molar-refractivity contribution in [2.24, 2.45) is 0 Å². The summed E-state index contributed by atoms with van der Waals surface area (Å²) in [5.41, 5.74) is 0. The van der Waals surface area contributed by atoms with Crippen LogP contribution in [0.15, 0.2) is 0 Å². The van der Waals surface area contributed by atoms with Gasteiger partial charge in [0.15, 0.2) is 0 Å². The van der Waals surface area contributed by atoms with Crippen molar-refractivity contribution in [2.75, 3.05) is 56.4 Å². The number of imide groups is 2. The highest BCUT2D eigenvalue weighted by Gasteiger charge is 2.07. The summed E-state index contributed by atoms with van der Waals surface area (Å²) in [7, 11) is 12.7. The molecule has 0 aromatic rings. The minimum Gasteiger partial charge on any atom is -0.341 e. The van der Waals surface area contributed by atoms with Gasteiger partial charge in [0, 0.05) is 56.4 Å². The zero-order valence-electron chi connectivity index (χ0n) is 16.4. The summed E-state index contributed by atoms with van der Waals surface area (Å²) in [6, 6.07) is -2.39. The fourth-order valence-electron chi connectivity index (χ4n) is 0.887. The molecule has 13 heteroatoms. The number of carbonyl (C=O) groups excluding carboxylic acids is 5. The first-order chi connectivity index (χ1) is 12.0. The van der Waals surface area contributed by atoms with E-state index in [1.807, 2.05) is 10.6 Å². The molecule has 0 radical (unpaired) electrons. The molecular formula is C13H30N8O5. The van der Waals surface area contributed by atoms with Crippen molar-refractivity contribution >= 4 is 30.2 Å². The van der Waals surface area contributed by atoms with Crippen molar-refractivity contribution in [3.8, 4) is 0 Å². The van der Waals surface area contributed by atoms with Crippen LogP contribution >= 0.6 is 0 Å². The molecule has 26 heavy (non-hydrogen) atoms. The number of urea groups is 5. The molecule has 10 amide bonds. The van der Waals surface area contributed by atoms with Gasteiger partial charge in [-0.15, -0.1) is 0 Å². The van der Waals surface area contributed by atoms with Gasteiger partial charge in [-0.1, -0.05) is 0 Å². The average Bonchev–Trinajstić information content (AvgIpc) is 2.60. The predicted octanol–water partition coefficient (Wildman–Crippen LogP) is -1.26. The van der Waals surface area contributed by atoms with E-state index in [2.05, 4.69) is 21.3 Å². The van der Waals surface area contributed by atoms with E-state index < -0.39 is 18.1 Å². The minimum atomic E-state index is -0.881. The minimum absolute atomic E-state index is 0.0185. The molecule has 0 rings (SSSR count). The second kappa shape index (κ2) is 16.6. The summed E-state index contributed by atoms with van der Waals surface area (Å²) in [5.74, 6) is 0. The number of carbonyl (C=O) groups is 5. The molecule has 13 nitrogen and oxygen atoms in total. The zero-order valence-corrected chi connectivity index (χ0v) is 16.4. The largest absolute Gasteiger partial charge is 0.341 e. The highest BCUT2D eigenvalue weighted by atomic mass is 16.2. The van der Waals surface area contributed by atoms with E-state index in [0.29, 0.717) is 0 Å². The van der Waals surface area contributed by atoms with Crippen molar-refractivity contribution in [2.45, 2.75) is 0 Å². The fraction of sp³-hybridized carbons (Fsp3) is 0.615. The topological polar surface area (TPSA) is 164 Å². The third-order valence-corrected chi connectivity index (χ3v) is 2.13. The summed E-state index contributed by atoms with van der Waals surface area (Å²) < 4.78 is 0. The van der Waals surface area contributed by atoms with Crippen LogP contribution in [-0.2, 0) is 0 Å². The highest BCUT2D eigenvalue weighted by molar-refractivity contribution is 6.00. The van der Waals surface area contributed by atoms with E-state index in [0.717, 1.165) is 0 Å². The summed E-state index contributed by atoms with van der Waals surface area (Å²) >= 11 is 0. The number of hydrogen-bond donors (Lipinski definition) is 6. The standard InChI is InChI=1S/C5H10N4O3.C5H12N2O.C3H8N2O/c1-6-3(10)8-5(12)9-4(11)7-2;1-6(2)5(8)7(3)4;1-4-3(6)5-2/h1-2H3,(H4,6,7,8,9,10,11,12);1-4H3;1-2H3,(H2,4,5,6). The molecule has 0 aliphatic carbocycles. The Morgan fingerprint density at radius 1 is 0.500 bits per heavy atom. The maximum absolute atomic E-state index is 10.7. The number of nitrogens with zero attached hydrogens (tertiary/aromatic N) is 2. The zero-order chi connectivity index (χ0) is 21.3. The van der Waals surface area contributed by atoms with Gasteiger partial charge in [0.1, 0.15) is 0 Å². The van der Waals surface area contributed by atoms with Crippen molar-refractivity contribution in [3.63, 3.8) is 0 Å². The predicted molar refractivity (Wildman–Crippen MR) is 96.9 cm³/mol. The molecule has 0 aliphatic heterocycles. The maximum Gasteiger partial charge on any atom is 0.330 e. The maximum atomic E-state index is 10.7. The van der Waals surface area contributed by atoms with Gasteiger partial charge in [-0.05, 0) is 0 Å². The van der Waals surface area contributed by atoms with E-state index in [-0.39, 0.29) is 12.1 Å². The molecule has 0 unspecified atom stereocenters. The second-order valence-corrected chi connectivity index (χ2v) is 4.64. The Kier molecular flexibility index (Phi) is 17.6. The van der Waals surface area contributed by atoms with Gasteiger partial charge in [-0.3, -0.25) is 10.6 Å². The molecule has 6 N–H and O–H groups in total. The first-order valence-corrected chi connectivity index (χ1v) is 7.26. The Balaban J connectivity index is -0.000000328. The van der Waals surface area contributed by atoms with Crippen LogP contribution in [0.3, 0.4) is 0 Å². The van der Waals surface area contributed by atoms with Crippen LogP contribution < -0.4 is 31.9 Å². The van der Waals surface area contributed by atoms with Gasteiger partial charge in [-0.25, -0.2) is 24.0 Å². The van der Waals surface area contributed by atoms with Crippen LogP contribution in [-0.4, -0.2) is 96.3 Å². The van der Waals surface area contributed by atoms with Gasteiger partial charge in [-0.2, -0.15) is 0 Å². The monoisotopic (exact) mass is 378 g/mol. The van der Waals surface area contributed by atoms with E-state index in [1.54, 1.807) is 42.3 Å². The summed E-state index contributed by atoms with van der Waals surface area (Å²) in [6.07, 6.45) is 0. The van der Waals surface area contributed by atoms with Gasteiger partial charge in [0.2, 0.25) is 0 Å². The molecule has 0 saturated heterocycles. The SMILES string of the molecule is CN(C)C(=O)N(C)C.CNC(=O)NC.CNC(=O)NC(=O)NC(=O)NC. The van der Waals surface area contributed by atoms with Crippen LogP contribution in [0.5, 0.6) is 0 Å². The van der Waals surface area contributed by atoms with Gasteiger partial charge >= 0.3 is 30.2 Å². The molecule has 0 spiro atoms. The Morgan fingerprint density at radius 3 is 0.885 bits per heavy atom. The van der Waals surface area contributed by atoms with E-state index >= 15 is 0 Å². The molecule has 0 aromatic carbocycles. The fourth-order valence-corrected chi connectivity index (χ4v) is 0.887. The van der Waals surface area contributed by atoms with Crippen LogP contribution in [0, 0.1) is 0 Å². The molecule has 0 aromatic heterocycles. The van der Waals surface area contributed by atoms with Crippen molar-refractivity contribution in [1.82, 2.24) is 41.7 Å². The number of hydrogen-bond acceptors (Lipinski definition) is 5. The number of amides is 10. The first-order valence-electron chi connectivity index (χ1n) is 7.26. The first kappa shape index (κ1) is 27.6. The third-order valence-electron chi connectivity index (χ3n) is 2.13. The van der Waals surface area contributed by atoms with Gasteiger partial charge < -0.3 is 31.1 Å². The molecule has 152 valence electrons.